The highest BCUT2D eigenvalue weighted by molar-refractivity contribution is 5.52. The molecule has 0 unspecified atom stereocenters. The van der Waals surface area contributed by atoms with Crippen LogP contribution in [0.2, 0.25) is 0 Å². The maximum atomic E-state index is 5.78. The first-order chi connectivity index (χ1) is 8.65. The van der Waals surface area contributed by atoms with Crippen molar-refractivity contribution < 1.29 is 0 Å². The van der Waals surface area contributed by atoms with Gasteiger partial charge in [0.15, 0.2) is 0 Å². The second kappa shape index (κ2) is 4.39. The zero-order valence-electron chi connectivity index (χ0n) is 11.1. The molecule has 0 radical (unpaired) electrons. The monoisotopic (exact) mass is 247 g/mol. The van der Waals surface area contributed by atoms with E-state index in [4.69, 9.17) is 5.73 Å². The van der Waals surface area contributed by atoms with Gasteiger partial charge in [-0.15, -0.1) is 0 Å². The van der Waals surface area contributed by atoms with Crippen LogP contribution >= 0.6 is 0 Å². The van der Waals surface area contributed by atoms with E-state index in [2.05, 4.69) is 27.1 Å². The molecule has 0 amide bonds. The van der Waals surface area contributed by atoms with Crippen molar-refractivity contribution in [2.75, 3.05) is 30.3 Å². The minimum Gasteiger partial charge on any atom is -0.368 e. The molecule has 2 aliphatic rings. The minimum absolute atomic E-state index is 0.385. The van der Waals surface area contributed by atoms with Crippen LogP contribution in [-0.4, -0.2) is 35.6 Å². The molecule has 2 aliphatic heterocycles. The standard InChI is InChI=1S/C13H21N5/c1-8-9(2)16-13(14)17-12(8)18-6-10-4-3-5-15-11(10)7-18/h10-11,15H,3-7H2,1-2H3,(H2,14,16,17)/t10-,11+/m1/s1. The Bertz CT molecular complexity index is 445. The Labute approximate surface area is 108 Å². The van der Waals surface area contributed by atoms with E-state index in [0.717, 1.165) is 42.6 Å². The van der Waals surface area contributed by atoms with Gasteiger partial charge in [0, 0.05) is 30.4 Å². The van der Waals surface area contributed by atoms with Crippen LogP contribution in [0, 0.1) is 19.8 Å². The van der Waals surface area contributed by atoms with Gasteiger partial charge in [-0.2, -0.15) is 4.98 Å². The molecular weight excluding hydrogens is 226 g/mol. The number of nitrogens with one attached hydrogen (secondary N) is 1. The topological polar surface area (TPSA) is 67.1 Å². The number of rotatable bonds is 1. The number of anilines is 2. The second-order valence-corrected chi connectivity index (χ2v) is 5.48. The van der Waals surface area contributed by atoms with Crippen LogP contribution in [0.5, 0.6) is 0 Å². The van der Waals surface area contributed by atoms with Gasteiger partial charge in [-0.3, -0.25) is 0 Å². The average Bonchev–Trinajstić information content (AvgIpc) is 2.77. The highest BCUT2D eigenvalue weighted by Crippen LogP contribution is 2.30. The first kappa shape index (κ1) is 11.7. The molecule has 5 nitrogen and oxygen atoms in total. The summed E-state index contributed by atoms with van der Waals surface area (Å²) < 4.78 is 0. The van der Waals surface area contributed by atoms with Crippen LogP contribution in [0.3, 0.4) is 0 Å². The number of hydrogen-bond acceptors (Lipinski definition) is 5. The summed E-state index contributed by atoms with van der Waals surface area (Å²) in [5, 5.41) is 3.61. The molecule has 2 fully saturated rings. The number of aryl methyl sites for hydroxylation is 1. The Morgan fingerprint density at radius 3 is 2.89 bits per heavy atom. The Kier molecular flexibility index (Phi) is 2.86. The lowest BCUT2D eigenvalue weighted by Gasteiger charge is -2.24. The summed E-state index contributed by atoms with van der Waals surface area (Å²) in [5.41, 5.74) is 7.92. The lowest BCUT2D eigenvalue weighted by molar-refractivity contribution is 0.340. The fourth-order valence-corrected chi connectivity index (χ4v) is 3.16. The van der Waals surface area contributed by atoms with E-state index < -0.39 is 0 Å². The van der Waals surface area contributed by atoms with E-state index in [9.17, 15) is 0 Å². The second-order valence-electron chi connectivity index (χ2n) is 5.48. The molecule has 1 aromatic heterocycles. The van der Waals surface area contributed by atoms with Gasteiger partial charge in [-0.25, -0.2) is 4.98 Å². The van der Waals surface area contributed by atoms with Crippen LogP contribution in [0.25, 0.3) is 0 Å². The van der Waals surface area contributed by atoms with Gasteiger partial charge in [-0.1, -0.05) is 0 Å². The van der Waals surface area contributed by atoms with Crippen molar-refractivity contribution in [1.82, 2.24) is 15.3 Å². The van der Waals surface area contributed by atoms with Crippen molar-refractivity contribution in [3.63, 3.8) is 0 Å². The maximum Gasteiger partial charge on any atom is 0.222 e. The highest BCUT2D eigenvalue weighted by Gasteiger charge is 2.35. The van der Waals surface area contributed by atoms with Crippen LogP contribution in [0.1, 0.15) is 24.1 Å². The van der Waals surface area contributed by atoms with E-state index in [-0.39, 0.29) is 0 Å². The predicted octanol–water partition coefficient (Wildman–Crippen LogP) is 0.864. The molecule has 18 heavy (non-hydrogen) atoms. The summed E-state index contributed by atoms with van der Waals surface area (Å²) in [7, 11) is 0. The SMILES string of the molecule is Cc1nc(N)nc(N2C[C@H]3CCCN[C@H]3C2)c1C. The van der Waals surface area contributed by atoms with Gasteiger partial charge in [0.2, 0.25) is 5.95 Å². The van der Waals surface area contributed by atoms with Crippen molar-refractivity contribution in [2.24, 2.45) is 5.92 Å². The minimum atomic E-state index is 0.385. The van der Waals surface area contributed by atoms with E-state index in [0.29, 0.717) is 12.0 Å². The summed E-state index contributed by atoms with van der Waals surface area (Å²) in [5.74, 6) is 2.17. The number of hydrogen-bond donors (Lipinski definition) is 2. The quantitative estimate of drug-likeness (QED) is 0.770. The Morgan fingerprint density at radius 2 is 2.11 bits per heavy atom. The summed E-state index contributed by atoms with van der Waals surface area (Å²) in [4.78, 5) is 11.0. The van der Waals surface area contributed by atoms with Crippen molar-refractivity contribution in [3.8, 4) is 0 Å². The van der Waals surface area contributed by atoms with Crippen molar-refractivity contribution in [2.45, 2.75) is 32.7 Å². The normalized spacial score (nSPS) is 27.3. The first-order valence-electron chi connectivity index (χ1n) is 6.74. The molecule has 0 aliphatic carbocycles. The maximum absolute atomic E-state index is 5.78. The van der Waals surface area contributed by atoms with Crippen molar-refractivity contribution >= 4 is 11.8 Å². The van der Waals surface area contributed by atoms with E-state index in [1.54, 1.807) is 0 Å². The fraction of sp³-hybridized carbons (Fsp3) is 0.692. The summed E-state index contributed by atoms with van der Waals surface area (Å²) in [6, 6.07) is 0.620. The van der Waals surface area contributed by atoms with Crippen molar-refractivity contribution in [1.29, 1.82) is 0 Å². The number of fused-ring (bicyclic) bond motifs is 1. The molecule has 1 aromatic rings. The lowest BCUT2D eigenvalue weighted by atomic mass is 9.94. The molecular formula is C13H21N5. The largest absolute Gasteiger partial charge is 0.368 e. The van der Waals surface area contributed by atoms with Crippen LogP contribution < -0.4 is 16.0 Å². The van der Waals surface area contributed by atoms with Gasteiger partial charge in [0.1, 0.15) is 5.82 Å². The summed E-state index contributed by atoms with van der Waals surface area (Å²) in [6.45, 7) is 7.37. The Balaban J connectivity index is 1.88. The molecule has 3 rings (SSSR count). The number of nitrogen functional groups attached to an aromatic ring is 1. The third-order valence-corrected chi connectivity index (χ3v) is 4.28. The Morgan fingerprint density at radius 1 is 1.28 bits per heavy atom. The van der Waals surface area contributed by atoms with Crippen LogP contribution in [0.15, 0.2) is 0 Å². The fourth-order valence-electron chi connectivity index (χ4n) is 3.16. The highest BCUT2D eigenvalue weighted by atomic mass is 15.3. The van der Waals surface area contributed by atoms with E-state index in [1.165, 1.54) is 12.8 Å². The number of aromatic nitrogens is 2. The van der Waals surface area contributed by atoms with Gasteiger partial charge >= 0.3 is 0 Å². The number of nitrogens with zero attached hydrogens (tertiary/aromatic N) is 3. The van der Waals surface area contributed by atoms with Gasteiger partial charge in [0.25, 0.3) is 0 Å². The van der Waals surface area contributed by atoms with Gasteiger partial charge < -0.3 is 16.0 Å². The van der Waals surface area contributed by atoms with Gasteiger partial charge in [-0.05, 0) is 39.2 Å². The molecule has 0 aromatic carbocycles. The third-order valence-electron chi connectivity index (χ3n) is 4.28. The molecule has 2 atom stereocenters. The molecule has 0 bridgehead atoms. The first-order valence-corrected chi connectivity index (χ1v) is 6.74. The van der Waals surface area contributed by atoms with E-state index in [1.807, 2.05) is 6.92 Å². The summed E-state index contributed by atoms with van der Waals surface area (Å²) in [6.07, 6.45) is 2.62. The zero-order valence-corrected chi connectivity index (χ0v) is 11.1. The molecule has 0 spiro atoms. The molecule has 98 valence electrons. The Hall–Kier alpha value is -1.36. The lowest BCUT2D eigenvalue weighted by Crippen LogP contribution is -2.40. The van der Waals surface area contributed by atoms with Crippen LogP contribution in [-0.2, 0) is 0 Å². The van der Waals surface area contributed by atoms with Gasteiger partial charge in [0.05, 0.1) is 0 Å². The molecule has 3 N–H and O–H groups in total. The molecule has 5 heteroatoms. The summed E-state index contributed by atoms with van der Waals surface area (Å²) >= 11 is 0. The third kappa shape index (κ3) is 1.92. The predicted molar refractivity (Wildman–Crippen MR) is 72.6 cm³/mol. The molecule has 3 heterocycles. The zero-order chi connectivity index (χ0) is 12.7. The molecule has 2 saturated heterocycles. The smallest absolute Gasteiger partial charge is 0.222 e. The molecule has 0 saturated carbocycles. The average molecular weight is 247 g/mol. The van der Waals surface area contributed by atoms with Crippen LogP contribution in [0.4, 0.5) is 11.8 Å². The number of nitrogens with two attached hydrogens (primary N) is 1. The van der Waals surface area contributed by atoms with Crippen molar-refractivity contribution in [3.05, 3.63) is 11.3 Å². The van der Waals surface area contributed by atoms with E-state index >= 15 is 0 Å². The number of piperidine rings is 1.